The zero-order chi connectivity index (χ0) is 25.8. The molecule has 0 aliphatic carbocycles. The van der Waals surface area contributed by atoms with Gasteiger partial charge >= 0.3 is 0 Å². The van der Waals surface area contributed by atoms with Crippen LogP contribution in [0.1, 0.15) is 11.1 Å². The molecule has 3 aromatic rings. The third-order valence-corrected chi connectivity index (χ3v) is 7.79. The molecule has 0 spiro atoms. The molecule has 1 fully saturated rings. The topological polar surface area (TPSA) is 75.7 Å². The van der Waals surface area contributed by atoms with E-state index in [0.29, 0.717) is 31.5 Å². The Labute approximate surface area is 243 Å². The summed E-state index contributed by atoms with van der Waals surface area (Å²) in [6, 6.07) is 17.7. The van der Waals surface area contributed by atoms with E-state index in [9.17, 15) is 14.4 Å². The molecule has 1 heterocycles. The van der Waals surface area contributed by atoms with Crippen molar-refractivity contribution in [3.05, 3.63) is 94.8 Å². The van der Waals surface area contributed by atoms with Gasteiger partial charge in [-0.05, 0) is 110 Å². The molecular weight excluding hydrogens is 702 g/mol. The summed E-state index contributed by atoms with van der Waals surface area (Å²) in [6.07, 6.45) is 1.60. The van der Waals surface area contributed by atoms with Crippen molar-refractivity contribution in [3.8, 4) is 5.75 Å². The highest BCUT2D eigenvalue weighted by Crippen LogP contribution is 2.34. The highest BCUT2D eigenvalue weighted by Gasteiger charge is 2.36. The Kier molecular flexibility index (Phi) is 9.00. The standard InChI is InChI=1S/C25H16BrCl2IN2O4S/c26-19-9-14(1-8-21(19)35-13-15-2-3-16(27)11-20(15)28)10-22-24(33)31(25(34)36-22)12-23(32)30-18-6-4-17(29)5-7-18/h1-11H,12-13H2,(H,30,32)/b22-10+. The number of hydrogen-bond donors (Lipinski definition) is 1. The van der Waals surface area contributed by atoms with E-state index >= 15 is 0 Å². The van der Waals surface area contributed by atoms with Gasteiger partial charge in [-0.1, -0.05) is 35.3 Å². The second-order valence-corrected chi connectivity index (χ2v) is 11.5. The SMILES string of the molecule is O=C(CN1C(=O)S/C(=C/c2ccc(OCc3ccc(Cl)cc3Cl)c(Br)c2)C1=O)Nc1ccc(I)cc1. The van der Waals surface area contributed by atoms with E-state index in [1.165, 1.54) is 0 Å². The monoisotopic (exact) mass is 716 g/mol. The van der Waals surface area contributed by atoms with Gasteiger partial charge in [-0.2, -0.15) is 0 Å². The van der Waals surface area contributed by atoms with Crippen LogP contribution in [0.5, 0.6) is 5.75 Å². The van der Waals surface area contributed by atoms with Crippen LogP contribution in [0.15, 0.2) is 70.0 Å². The summed E-state index contributed by atoms with van der Waals surface area (Å²) < 4.78 is 7.54. The largest absolute Gasteiger partial charge is 0.488 e. The van der Waals surface area contributed by atoms with Gasteiger partial charge in [-0.3, -0.25) is 19.3 Å². The lowest BCUT2D eigenvalue weighted by Gasteiger charge is -2.12. The quantitative estimate of drug-likeness (QED) is 0.201. The number of rotatable bonds is 7. The molecule has 3 amide bonds. The summed E-state index contributed by atoms with van der Waals surface area (Å²) in [6.45, 7) is -0.116. The van der Waals surface area contributed by atoms with Gasteiger partial charge in [-0.25, -0.2) is 0 Å². The van der Waals surface area contributed by atoms with Crippen LogP contribution >= 0.6 is 73.5 Å². The smallest absolute Gasteiger partial charge is 0.294 e. The minimum Gasteiger partial charge on any atom is -0.488 e. The maximum atomic E-state index is 12.8. The highest BCUT2D eigenvalue weighted by molar-refractivity contribution is 14.1. The fourth-order valence-corrected chi connectivity index (χ4v) is 5.36. The Morgan fingerprint density at radius 1 is 1.08 bits per heavy atom. The fourth-order valence-electron chi connectivity index (χ4n) is 3.18. The Bertz CT molecular complexity index is 1380. The molecule has 0 radical (unpaired) electrons. The van der Waals surface area contributed by atoms with Gasteiger partial charge in [0.2, 0.25) is 5.91 Å². The number of thioether (sulfide) groups is 1. The lowest BCUT2D eigenvalue weighted by Crippen LogP contribution is -2.36. The molecule has 1 aliphatic rings. The zero-order valence-electron chi connectivity index (χ0n) is 18.3. The number of ether oxygens (including phenoxy) is 1. The highest BCUT2D eigenvalue weighted by atomic mass is 127. The Balaban J connectivity index is 1.40. The van der Waals surface area contributed by atoms with E-state index in [1.54, 1.807) is 54.6 Å². The Morgan fingerprint density at radius 2 is 1.83 bits per heavy atom. The first-order chi connectivity index (χ1) is 17.2. The first-order valence-corrected chi connectivity index (χ1v) is 13.8. The van der Waals surface area contributed by atoms with Gasteiger partial charge in [0.25, 0.3) is 11.1 Å². The number of imide groups is 1. The van der Waals surface area contributed by atoms with Gasteiger partial charge in [-0.15, -0.1) is 0 Å². The first-order valence-electron chi connectivity index (χ1n) is 10.4. The van der Waals surface area contributed by atoms with Crippen molar-refractivity contribution >= 4 is 102 Å². The molecule has 1 N–H and O–H groups in total. The van der Waals surface area contributed by atoms with E-state index in [1.807, 2.05) is 12.1 Å². The van der Waals surface area contributed by atoms with Crippen LogP contribution in [0.2, 0.25) is 10.0 Å². The number of amides is 3. The second kappa shape index (κ2) is 12.0. The maximum Gasteiger partial charge on any atom is 0.294 e. The van der Waals surface area contributed by atoms with Crippen LogP contribution in [0.25, 0.3) is 6.08 Å². The summed E-state index contributed by atoms with van der Waals surface area (Å²) in [4.78, 5) is 38.7. The molecule has 11 heteroatoms. The van der Waals surface area contributed by atoms with Crippen molar-refractivity contribution in [2.24, 2.45) is 0 Å². The van der Waals surface area contributed by atoms with Crippen LogP contribution < -0.4 is 10.1 Å². The van der Waals surface area contributed by atoms with Crippen LogP contribution in [-0.4, -0.2) is 28.5 Å². The summed E-state index contributed by atoms with van der Waals surface area (Å²) in [7, 11) is 0. The third-order valence-electron chi connectivity index (χ3n) is 4.96. The summed E-state index contributed by atoms with van der Waals surface area (Å²) in [5, 5.41) is 3.25. The van der Waals surface area contributed by atoms with Crippen molar-refractivity contribution in [3.63, 3.8) is 0 Å². The average molecular weight is 718 g/mol. The molecule has 6 nitrogen and oxygen atoms in total. The number of halogens is 4. The van der Waals surface area contributed by atoms with Crippen LogP contribution in [0, 0.1) is 3.57 Å². The van der Waals surface area contributed by atoms with Crippen molar-refractivity contribution in [2.75, 3.05) is 11.9 Å². The molecule has 1 aliphatic heterocycles. The van der Waals surface area contributed by atoms with Gasteiger partial charge in [0, 0.05) is 24.9 Å². The summed E-state index contributed by atoms with van der Waals surface area (Å²) in [5.41, 5.74) is 2.07. The summed E-state index contributed by atoms with van der Waals surface area (Å²) >= 11 is 18.6. The van der Waals surface area contributed by atoms with E-state index in [4.69, 9.17) is 27.9 Å². The van der Waals surface area contributed by atoms with Gasteiger partial charge in [0.05, 0.1) is 9.38 Å². The van der Waals surface area contributed by atoms with Crippen molar-refractivity contribution in [1.29, 1.82) is 0 Å². The normalized spacial score (nSPS) is 14.4. The predicted octanol–water partition coefficient (Wildman–Crippen LogP) is 7.61. The summed E-state index contributed by atoms with van der Waals surface area (Å²) in [5.74, 6) is -0.389. The van der Waals surface area contributed by atoms with Gasteiger partial charge < -0.3 is 10.1 Å². The molecule has 4 rings (SSSR count). The number of anilines is 1. The molecule has 0 unspecified atom stereocenters. The first kappa shape index (κ1) is 27.0. The third kappa shape index (κ3) is 6.83. The van der Waals surface area contributed by atoms with E-state index in [0.717, 1.165) is 25.8 Å². The lowest BCUT2D eigenvalue weighted by molar-refractivity contribution is -0.127. The van der Waals surface area contributed by atoms with Crippen LogP contribution in [-0.2, 0) is 16.2 Å². The van der Waals surface area contributed by atoms with Gasteiger partial charge in [0.15, 0.2) is 0 Å². The van der Waals surface area contributed by atoms with Crippen LogP contribution in [0.4, 0.5) is 10.5 Å². The van der Waals surface area contributed by atoms with Gasteiger partial charge in [0.1, 0.15) is 18.9 Å². The number of nitrogens with zero attached hydrogens (tertiary/aromatic N) is 1. The zero-order valence-corrected chi connectivity index (χ0v) is 24.3. The number of nitrogens with one attached hydrogen (secondary N) is 1. The second-order valence-electron chi connectivity index (χ2n) is 7.54. The molecule has 36 heavy (non-hydrogen) atoms. The number of hydrogen-bond acceptors (Lipinski definition) is 5. The lowest BCUT2D eigenvalue weighted by atomic mass is 10.2. The Hall–Kier alpha value is -2.05. The Morgan fingerprint density at radius 3 is 2.53 bits per heavy atom. The number of benzene rings is 3. The molecular formula is C25H16BrCl2IN2O4S. The van der Waals surface area contributed by atoms with Crippen molar-refractivity contribution < 1.29 is 19.1 Å². The molecule has 184 valence electrons. The van der Waals surface area contributed by atoms with Crippen molar-refractivity contribution in [1.82, 2.24) is 4.90 Å². The minimum absolute atomic E-state index is 0.232. The van der Waals surface area contributed by atoms with E-state index in [2.05, 4.69) is 43.8 Å². The molecule has 0 aromatic heterocycles. The minimum atomic E-state index is -0.517. The predicted molar refractivity (Wildman–Crippen MR) is 155 cm³/mol. The molecule has 0 bridgehead atoms. The van der Waals surface area contributed by atoms with E-state index < -0.39 is 17.1 Å². The molecule has 0 saturated carbocycles. The van der Waals surface area contributed by atoms with E-state index in [-0.39, 0.29) is 18.1 Å². The van der Waals surface area contributed by atoms with Crippen molar-refractivity contribution in [2.45, 2.75) is 6.61 Å². The number of carbonyl (C=O) groups is 3. The molecule has 3 aromatic carbocycles. The maximum absolute atomic E-state index is 12.8. The molecule has 0 atom stereocenters. The van der Waals surface area contributed by atoms with Crippen LogP contribution in [0.3, 0.4) is 0 Å². The number of carbonyl (C=O) groups excluding carboxylic acids is 3. The molecule has 1 saturated heterocycles. The average Bonchev–Trinajstić information content (AvgIpc) is 3.08. The fraction of sp³-hybridized carbons (Fsp3) is 0.0800.